The predicted octanol–water partition coefficient (Wildman–Crippen LogP) is 2.90. The fourth-order valence-corrected chi connectivity index (χ4v) is 1.17. The molecule has 0 fully saturated rings. The second-order valence-electron chi connectivity index (χ2n) is 2.61. The number of nitrogens with zero attached hydrogens (tertiary/aromatic N) is 2. The minimum Gasteiger partial charge on any atom is -0.262 e. The fraction of sp³-hybridized carbons (Fsp3) is 0. The van der Waals surface area contributed by atoms with E-state index in [-0.39, 0.29) is 0 Å². The van der Waals surface area contributed by atoms with Crippen molar-refractivity contribution in [1.82, 2.24) is 0 Å². The van der Waals surface area contributed by atoms with Gasteiger partial charge in [-0.3, -0.25) is 9.98 Å². The highest BCUT2D eigenvalue weighted by atomic mass is 35.5. The van der Waals surface area contributed by atoms with Gasteiger partial charge in [-0.15, -0.1) is 0 Å². The van der Waals surface area contributed by atoms with Crippen LogP contribution in [0.5, 0.6) is 0 Å². The van der Waals surface area contributed by atoms with Gasteiger partial charge in [0.1, 0.15) is 0 Å². The molecule has 1 aliphatic heterocycles. The Bertz CT molecular complexity index is 405. The second-order valence-corrected chi connectivity index (χ2v) is 3.05. The fourth-order valence-electron chi connectivity index (χ4n) is 1.07. The first-order chi connectivity index (χ1) is 6.36. The Balaban J connectivity index is 2.52. The van der Waals surface area contributed by atoms with Crippen molar-refractivity contribution in [3.63, 3.8) is 0 Å². The zero-order chi connectivity index (χ0) is 9.10. The Morgan fingerprint density at radius 3 is 2.85 bits per heavy atom. The van der Waals surface area contributed by atoms with Crippen molar-refractivity contribution in [2.75, 3.05) is 0 Å². The average Bonchev–Trinajstić information content (AvgIpc) is 2.13. The van der Waals surface area contributed by atoms with Crippen LogP contribution in [0.15, 0.2) is 45.5 Å². The predicted molar refractivity (Wildman–Crippen MR) is 56.1 cm³/mol. The second kappa shape index (κ2) is 3.54. The molecule has 0 saturated carbocycles. The van der Waals surface area contributed by atoms with Crippen molar-refractivity contribution in [3.8, 4) is 0 Å². The van der Waals surface area contributed by atoms with Gasteiger partial charge in [-0.1, -0.05) is 29.8 Å². The summed E-state index contributed by atoms with van der Waals surface area (Å²) in [5, 5.41) is 0.533. The van der Waals surface area contributed by atoms with Gasteiger partial charge in [0.2, 0.25) is 0 Å². The molecule has 0 bridgehead atoms. The van der Waals surface area contributed by atoms with Gasteiger partial charge in [0, 0.05) is 24.2 Å². The first kappa shape index (κ1) is 8.20. The van der Waals surface area contributed by atoms with E-state index in [9.17, 15) is 0 Å². The zero-order valence-electron chi connectivity index (χ0n) is 6.81. The molecule has 1 aromatic rings. The Hall–Kier alpha value is -1.41. The maximum absolute atomic E-state index is 5.76. The van der Waals surface area contributed by atoms with Gasteiger partial charge in [0.15, 0.2) is 0 Å². The number of halogens is 1. The summed E-state index contributed by atoms with van der Waals surface area (Å²) < 4.78 is 0. The molecule has 0 saturated heterocycles. The number of aliphatic imine (C=N–C) groups is 2. The average molecular weight is 191 g/mol. The van der Waals surface area contributed by atoms with Crippen molar-refractivity contribution in [2.24, 2.45) is 9.98 Å². The Morgan fingerprint density at radius 2 is 1.92 bits per heavy atom. The maximum atomic E-state index is 5.76. The van der Waals surface area contributed by atoms with Crippen molar-refractivity contribution in [1.29, 1.82) is 0 Å². The lowest BCUT2D eigenvalue weighted by Gasteiger charge is -2.00. The summed E-state index contributed by atoms with van der Waals surface area (Å²) >= 11 is 5.76. The van der Waals surface area contributed by atoms with Crippen molar-refractivity contribution < 1.29 is 0 Å². The van der Waals surface area contributed by atoms with E-state index in [1.165, 1.54) is 0 Å². The van der Waals surface area contributed by atoms with E-state index in [4.69, 9.17) is 11.6 Å². The lowest BCUT2D eigenvalue weighted by molar-refractivity contribution is 1.48. The van der Waals surface area contributed by atoms with Gasteiger partial charge in [-0.2, -0.15) is 0 Å². The maximum Gasteiger partial charge on any atom is 0.0771 e. The van der Waals surface area contributed by atoms with Gasteiger partial charge in [-0.25, -0.2) is 0 Å². The summed E-state index contributed by atoms with van der Waals surface area (Å²) in [5.74, 6) is 0. The third-order valence-corrected chi connectivity index (χ3v) is 1.87. The van der Waals surface area contributed by atoms with E-state index in [1.54, 1.807) is 18.6 Å². The van der Waals surface area contributed by atoms with Crippen molar-refractivity contribution in [3.05, 3.63) is 41.1 Å². The first-order valence-electron chi connectivity index (χ1n) is 3.88. The molecule has 0 aliphatic carbocycles. The number of hydrogen-bond donors (Lipinski definition) is 0. The quantitative estimate of drug-likeness (QED) is 0.601. The molecule has 2 rings (SSSR count). The molecule has 0 amide bonds. The Labute approximate surface area is 81.3 Å². The molecule has 0 N–H and O–H groups in total. The highest BCUT2D eigenvalue weighted by molar-refractivity contribution is 6.39. The molecule has 3 heteroatoms. The van der Waals surface area contributed by atoms with Crippen LogP contribution in [0.4, 0.5) is 5.69 Å². The number of para-hydroxylation sites is 1. The summed E-state index contributed by atoms with van der Waals surface area (Å²) in [4.78, 5) is 8.25. The monoisotopic (exact) mass is 190 g/mol. The number of fused-ring (bicyclic) bond motifs is 1. The van der Waals surface area contributed by atoms with E-state index >= 15 is 0 Å². The molecular formula is C10H7ClN2. The highest BCUT2D eigenvalue weighted by Gasteiger charge is 1.97. The van der Waals surface area contributed by atoms with E-state index in [2.05, 4.69) is 9.98 Å². The molecular weight excluding hydrogens is 184 g/mol. The van der Waals surface area contributed by atoms with Crippen LogP contribution in [0.25, 0.3) is 0 Å². The van der Waals surface area contributed by atoms with Gasteiger partial charge in [-0.05, 0) is 6.07 Å². The summed E-state index contributed by atoms with van der Waals surface area (Å²) in [6.45, 7) is 0. The minimum atomic E-state index is 0.533. The van der Waals surface area contributed by atoms with Gasteiger partial charge >= 0.3 is 0 Å². The Kier molecular flexibility index (Phi) is 2.23. The minimum absolute atomic E-state index is 0.533. The molecule has 0 atom stereocenters. The summed E-state index contributed by atoms with van der Waals surface area (Å²) in [6, 6.07) is 7.77. The van der Waals surface area contributed by atoms with Gasteiger partial charge in [0.05, 0.1) is 10.7 Å². The van der Waals surface area contributed by atoms with Crippen LogP contribution in [0, 0.1) is 0 Å². The number of rotatable bonds is 0. The van der Waals surface area contributed by atoms with Crippen LogP contribution in [-0.2, 0) is 0 Å². The zero-order valence-corrected chi connectivity index (χ0v) is 7.57. The molecule has 1 aliphatic rings. The van der Waals surface area contributed by atoms with Crippen LogP contribution < -0.4 is 0 Å². The molecule has 1 aromatic carbocycles. The molecule has 0 radical (unpaired) electrons. The highest BCUT2D eigenvalue weighted by Crippen LogP contribution is 2.18. The van der Waals surface area contributed by atoms with Crippen LogP contribution in [0.1, 0.15) is 5.56 Å². The summed E-state index contributed by atoms with van der Waals surface area (Å²) in [6.07, 6.45) is 4.91. The largest absolute Gasteiger partial charge is 0.262 e. The lowest BCUT2D eigenvalue weighted by atomic mass is 10.2. The Morgan fingerprint density at radius 1 is 1.08 bits per heavy atom. The molecule has 0 unspecified atom stereocenters. The van der Waals surface area contributed by atoms with Crippen molar-refractivity contribution in [2.45, 2.75) is 0 Å². The van der Waals surface area contributed by atoms with Crippen LogP contribution in [0.2, 0.25) is 0 Å². The number of hydrogen-bond acceptors (Lipinski definition) is 2. The van der Waals surface area contributed by atoms with Crippen LogP contribution in [0.3, 0.4) is 0 Å². The smallest absolute Gasteiger partial charge is 0.0771 e. The summed E-state index contributed by atoms with van der Waals surface area (Å²) in [7, 11) is 0. The number of allylic oxidation sites excluding steroid dienone is 1. The van der Waals surface area contributed by atoms with Crippen LogP contribution in [-0.4, -0.2) is 12.4 Å². The third kappa shape index (κ3) is 1.84. The van der Waals surface area contributed by atoms with Gasteiger partial charge < -0.3 is 0 Å². The topological polar surface area (TPSA) is 24.7 Å². The number of benzene rings is 1. The first-order valence-corrected chi connectivity index (χ1v) is 4.26. The summed E-state index contributed by atoms with van der Waals surface area (Å²) in [5.41, 5.74) is 1.89. The third-order valence-electron chi connectivity index (χ3n) is 1.68. The van der Waals surface area contributed by atoms with Crippen LogP contribution >= 0.6 is 11.6 Å². The van der Waals surface area contributed by atoms with E-state index in [1.807, 2.05) is 24.3 Å². The standard InChI is InChI=1S/C10H7ClN2/c11-9-6-12-5-8-3-1-2-4-10(8)13-7-9/h1-7H/b8-5?,9-6+,9-7?,12-5-,12-6?,13-7-,13-10?. The normalized spacial score (nSPS) is 23.3. The lowest BCUT2D eigenvalue weighted by Crippen LogP contribution is -1.85. The van der Waals surface area contributed by atoms with Gasteiger partial charge in [0.25, 0.3) is 0 Å². The van der Waals surface area contributed by atoms with E-state index in [0.717, 1.165) is 11.3 Å². The van der Waals surface area contributed by atoms with E-state index < -0.39 is 0 Å². The van der Waals surface area contributed by atoms with Crippen molar-refractivity contribution >= 4 is 29.7 Å². The molecule has 0 aromatic heterocycles. The molecule has 13 heavy (non-hydrogen) atoms. The molecule has 0 spiro atoms. The SMILES string of the molecule is ClC1=C/N=C\c2ccccc2/N=C\1. The molecule has 64 valence electrons. The molecule has 2 nitrogen and oxygen atoms in total. The van der Waals surface area contributed by atoms with E-state index in [0.29, 0.717) is 5.03 Å². The molecule has 1 heterocycles.